The number of nitrogens with zero attached hydrogens (tertiary/aromatic N) is 2. The summed E-state index contributed by atoms with van der Waals surface area (Å²) >= 11 is 0. The molecule has 1 saturated carbocycles. The maximum Gasteiger partial charge on any atom is 0.272 e. The molecule has 0 bridgehead atoms. The van der Waals surface area contributed by atoms with Gasteiger partial charge in [-0.15, -0.1) is 0 Å². The van der Waals surface area contributed by atoms with E-state index in [-0.39, 0.29) is 5.91 Å². The molecule has 0 radical (unpaired) electrons. The van der Waals surface area contributed by atoms with Crippen LogP contribution in [0.5, 0.6) is 0 Å². The minimum Gasteiger partial charge on any atom is -0.381 e. The van der Waals surface area contributed by atoms with Crippen molar-refractivity contribution in [2.24, 2.45) is 11.7 Å². The highest BCUT2D eigenvalue weighted by Gasteiger charge is 2.30. The second kappa shape index (κ2) is 5.35. The van der Waals surface area contributed by atoms with Crippen LogP contribution in [0.15, 0.2) is 18.3 Å². The highest BCUT2D eigenvalue weighted by atomic mass is 16.2. The van der Waals surface area contributed by atoms with E-state index in [0.29, 0.717) is 24.2 Å². The fourth-order valence-corrected chi connectivity index (χ4v) is 1.95. The molecule has 1 aliphatic rings. The molecule has 3 N–H and O–H groups in total. The van der Waals surface area contributed by atoms with Gasteiger partial charge < -0.3 is 16.0 Å². The number of pyridine rings is 1. The molecule has 2 rings (SSSR count). The van der Waals surface area contributed by atoms with Gasteiger partial charge in [-0.1, -0.05) is 0 Å². The normalized spacial score (nSPS) is 16.2. The third-order valence-corrected chi connectivity index (χ3v) is 3.18. The molecule has 0 aromatic carbocycles. The lowest BCUT2D eigenvalue weighted by molar-refractivity contribution is 0.0822. The number of carbonyl (C=O) groups excluding carboxylic acids is 1. The Morgan fingerprint density at radius 1 is 1.61 bits per heavy atom. The smallest absolute Gasteiger partial charge is 0.272 e. The van der Waals surface area contributed by atoms with E-state index in [1.165, 1.54) is 17.7 Å². The van der Waals surface area contributed by atoms with Gasteiger partial charge in [0.15, 0.2) is 0 Å². The molecule has 1 heterocycles. The predicted octanol–water partition coefficient (Wildman–Crippen LogP) is 0.933. The van der Waals surface area contributed by atoms with Crippen LogP contribution in [-0.2, 0) is 0 Å². The van der Waals surface area contributed by atoms with Crippen LogP contribution in [0.4, 0.5) is 5.69 Å². The lowest BCUT2D eigenvalue weighted by atomic mass is 10.1. The first-order valence-corrected chi connectivity index (χ1v) is 6.26. The number of anilines is 1. The van der Waals surface area contributed by atoms with Gasteiger partial charge >= 0.3 is 0 Å². The second-order valence-corrected chi connectivity index (χ2v) is 4.95. The first kappa shape index (κ1) is 12.8. The molecular formula is C13H20N4O. The molecule has 1 aromatic rings. The molecule has 1 amide bonds. The Morgan fingerprint density at radius 2 is 2.33 bits per heavy atom. The van der Waals surface area contributed by atoms with E-state index in [2.05, 4.69) is 10.3 Å². The predicted molar refractivity (Wildman–Crippen MR) is 71.4 cm³/mol. The number of nitrogens with one attached hydrogen (secondary N) is 1. The molecule has 1 fully saturated rings. The SMILES string of the molecule is CN(C)C(=O)c1cc(NC(CN)C2CC2)ccn1. The molecule has 98 valence electrons. The standard InChI is InChI=1S/C13H20N4O/c1-17(2)13(18)11-7-10(5-6-15-11)16-12(8-14)9-3-4-9/h5-7,9,12H,3-4,8,14H2,1-2H3,(H,15,16). The van der Waals surface area contributed by atoms with Crippen LogP contribution in [0.3, 0.4) is 0 Å². The van der Waals surface area contributed by atoms with E-state index in [9.17, 15) is 4.79 Å². The summed E-state index contributed by atoms with van der Waals surface area (Å²) in [6.07, 6.45) is 4.13. The quantitative estimate of drug-likeness (QED) is 0.813. The van der Waals surface area contributed by atoms with Crippen LogP contribution >= 0.6 is 0 Å². The van der Waals surface area contributed by atoms with Crippen molar-refractivity contribution in [3.63, 3.8) is 0 Å². The Hall–Kier alpha value is -1.62. The first-order chi connectivity index (χ1) is 8.61. The van der Waals surface area contributed by atoms with Crippen molar-refractivity contribution in [2.75, 3.05) is 26.0 Å². The van der Waals surface area contributed by atoms with Crippen molar-refractivity contribution in [3.05, 3.63) is 24.0 Å². The van der Waals surface area contributed by atoms with E-state index in [1.807, 2.05) is 6.07 Å². The molecule has 0 aliphatic heterocycles. The van der Waals surface area contributed by atoms with Crippen LogP contribution in [-0.4, -0.2) is 42.5 Å². The van der Waals surface area contributed by atoms with Gasteiger partial charge in [0, 0.05) is 38.6 Å². The summed E-state index contributed by atoms with van der Waals surface area (Å²) in [5.41, 5.74) is 7.12. The Bertz CT molecular complexity index is 429. The van der Waals surface area contributed by atoms with Gasteiger partial charge in [-0.2, -0.15) is 0 Å². The average molecular weight is 248 g/mol. The Labute approximate surface area is 107 Å². The zero-order chi connectivity index (χ0) is 13.1. The minimum atomic E-state index is -0.0885. The fourth-order valence-electron chi connectivity index (χ4n) is 1.95. The molecular weight excluding hydrogens is 228 g/mol. The number of hydrogen-bond acceptors (Lipinski definition) is 4. The van der Waals surface area contributed by atoms with Crippen LogP contribution in [0.2, 0.25) is 0 Å². The van der Waals surface area contributed by atoms with E-state index in [0.717, 1.165) is 5.69 Å². The largest absolute Gasteiger partial charge is 0.381 e. The highest BCUT2D eigenvalue weighted by Crippen LogP contribution is 2.33. The van der Waals surface area contributed by atoms with Crippen molar-refractivity contribution >= 4 is 11.6 Å². The molecule has 1 atom stereocenters. The van der Waals surface area contributed by atoms with Gasteiger partial charge in [-0.05, 0) is 30.9 Å². The molecule has 1 aromatic heterocycles. The van der Waals surface area contributed by atoms with Crippen molar-refractivity contribution in [1.29, 1.82) is 0 Å². The first-order valence-electron chi connectivity index (χ1n) is 6.26. The third kappa shape index (κ3) is 2.98. The molecule has 0 saturated heterocycles. The van der Waals surface area contributed by atoms with E-state index in [4.69, 9.17) is 5.73 Å². The summed E-state index contributed by atoms with van der Waals surface area (Å²) in [5.74, 6) is 0.588. The van der Waals surface area contributed by atoms with Crippen LogP contribution in [0.1, 0.15) is 23.3 Å². The van der Waals surface area contributed by atoms with Gasteiger partial charge in [0.25, 0.3) is 5.91 Å². The van der Waals surface area contributed by atoms with Crippen molar-refractivity contribution in [1.82, 2.24) is 9.88 Å². The van der Waals surface area contributed by atoms with Crippen molar-refractivity contribution < 1.29 is 4.79 Å². The summed E-state index contributed by atoms with van der Waals surface area (Å²) in [6, 6.07) is 3.96. The van der Waals surface area contributed by atoms with Crippen molar-refractivity contribution in [3.8, 4) is 0 Å². The van der Waals surface area contributed by atoms with Crippen molar-refractivity contribution in [2.45, 2.75) is 18.9 Å². The van der Waals surface area contributed by atoms with E-state index < -0.39 is 0 Å². The molecule has 5 nitrogen and oxygen atoms in total. The maximum atomic E-state index is 11.8. The van der Waals surface area contributed by atoms with Gasteiger partial charge in [-0.25, -0.2) is 0 Å². The van der Waals surface area contributed by atoms with E-state index in [1.54, 1.807) is 26.4 Å². The lowest BCUT2D eigenvalue weighted by Crippen LogP contribution is -2.31. The Kier molecular flexibility index (Phi) is 3.81. The van der Waals surface area contributed by atoms with Crippen LogP contribution < -0.4 is 11.1 Å². The average Bonchev–Trinajstić information content (AvgIpc) is 3.19. The van der Waals surface area contributed by atoms with Gasteiger partial charge in [0.1, 0.15) is 5.69 Å². The number of amides is 1. The number of nitrogens with two attached hydrogens (primary N) is 1. The second-order valence-electron chi connectivity index (χ2n) is 4.95. The number of aromatic nitrogens is 1. The van der Waals surface area contributed by atoms with E-state index >= 15 is 0 Å². The number of carbonyl (C=O) groups is 1. The monoisotopic (exact) mass is 248 g/mol. The Morgan fingerprint density at radius 3 is 2.89 bits per heavy atom. The molecule has 0 spiro atoms. The topological polar surface area (TPSA) is 71.2 Å². The minimum absolute atomic E-state index is 0.0885. The Balaban J connectivity index is 2.09. The van der Waals surface area contributed by atoms with Crippen LogP contribution in [0, 0.1) is 5.92 Å². The van der Waals surface area contributed by atoms with Gasteiger partial charge in [-0.3, -0.25) is 9.78 Å². The fraction of sp³-hybridized carbons (Fsp3) is 0.538. The van der Waals surface area contributed by atoms with Gasteiger partial charge in [0.05, 0.1) is 0 Å². The summed E-state index contributed by atoms with van der Waals surface area (Å²) in [7, 11) is 3.44. The highest BCUT2D eigenvalue weighted by molar-refractivity contribution is 5.92. The maximum absolute atomic E-state index is 11.8. The molecule has 1 unspecified atom stereocenters. The summed E-state index contributed by atoms with van der Waals surface area (Å²) in [5, 5.41) is 3.39. The number of hydrogen-bond donors (Lipinski definition) is 2. The number of rotatable bonds is 5. The summed E-state index contributed by atoms with van der Waals surface area (Å²) in [4.78, 5) is 17.4. The van der Waals surface area contributed by atoms with Crippen LogP contribution in [0.25, 0.3) is 0 Å². The third-order valence-electron chi connectivity index (χ3n) is 3.18. The summed E-state index contributed by atoms with van der Waals surface area (Å²) < 4.78 is 0. The zero-order valence-corrected chi connectivity index (χ0v) is 10.9. The molecule has 18 heavy (non-hydrogen) atoms. The molecule has 1 aliphatic carbocycles. The molecule has 5 heteroatoms. The summed E-state index contributed by atoms with van der Waals surface area (Å²) in [6.45, 7) is 0.615. The zero-order valence-electron chi connectivity index (χ0n) is 10.9. The lowest BCUT2D eigenvalue weighted by Gasteiger charge is -2.18. The van der Waals surface area contributed by atoms with Gasteiger partial charge in [0.2, 0.25) is 0 Å².